The molecule has 2 fully saturated rings. The largest absolute Gasteiger partial charge is 0.460 e. The number of benzene rings is 2. The first-order chi connectivity index (χ1) is 15.9. The SMILES string of the molecule is C=CCOC(=O)[C@@H]1[C@H]2OC(C)(C)O[C@H]2CN1C(=O)OCC1c2ccccc2-c2ccccc21. The predicted molar refractivity (Wildman–Crippen MR) is 121 cm³/mol. The fourth-order valence-electron chi connectivity index (χ4n) is 5.11. The van der Waals surface area contributed by atoms with Crippen LogP contribution in [-0.2, 0) is 23.7 Å². The third-order valence-corrected chi connectivity index (χ3v) is 6.40. The van der Waals surface area contributed by atoms with Crippen LogP contribution in [0.3, 0.4) is 0 Å². The van der Waals surface area contributed by atoms with Crippen molar-refractivity contribution in [3.8, 4) is 11.1 Å². The molecule has 1 aliphatic carbocycles. The van der Waals surface area contributed by atoms with Crippen LogP contribution in [0.1, 0.15) is 30.9 Å². The standard InChI is InChI=1S/C26H27NO6/c1-4-13-30-24(28)22-23-21(32-26(2,3)33-23)14-27(22)25(29)31-15-20-18-11-7-5-9-16(18)17-10-6-8-12-19(17)20/h4-12,20-23H,1,13-15H2,2-3H3/t21-,22-,23-/m0/s1. The highest BCUT2D eigenvalue weighted by atomic mass is 16.8. The molecule has 2 aromatic rings. The molecule has 0 spiro atoms. The quantitative estimate of drug-likeness (QED) is 0.510. The van der Waals surface area contributed by atoms with E-state index in [0.29, 0.717) is 0 Å². The summed E-state index contributed by atoms with van der Waals surface area (Å²) in [6.45, 7) is 7.56. The Balaban J connectivity index is 1.34. The van der Waals surface area contributed by atoms with Crippen molar-refractivity contribution in [3.05, 3.63) is 72.3 Å². The molecule has 5 rings (SSSR count). The number of hydrogen-bond donors (Lipinski definition) is 0. The summed E-state index contributed by atoms with van der Waals surface area (Å²) < 4.78 is 22.9. The number of fused-ring (bicyclic) bond motifs is 4. The normalized spacial score (nSPS) is 24.7. The molecule has 33 heavy (non-hydrogen) atoms. The van der Waals surface area contributed by atoms with Crippen LogP contribution in [0.15, 0.2) is 61.2 Å². The summed E-state index contributed by atoms with van der Waals surface area (Å²) >= 11 is 0. The highest BCUT2D eigenvalue weighted by Gasteiger charge is 2.57. The van der Waals surface area contributed by atoms with Crippen LogP contribution in [-0.4, -0.2) is 60.8 Å². The molecule has 3 aliphatic rings. The lowest BCUT2D eigenvalue weighted by Gasteiger charge is -2.28. The lowest BCUT2D eigenvalue weighted by Crippen LogP contribution is -2.48. The van der Waals surface area contributed by atoms with E-state index < -0.39 is 36.1 Å². The van der Waals surface area contributed by atoms with Crippen LogP contribution >= 0.6 is 0 Å². The molecule has 7 heteroatoms. The minimum atomic E-state index is -0.938. The van der Waals surface area contributed by atoms with E-state index in [0.717, 1.165) is 22.3 Å². The number of likely N-dealkylation sites (tertiary alicyclic amines) is 1. The molecular weight excluding hydrogens is 422 g/mol. The van der Waals surface area contributed by atoms with Gasteiger partial charge in [-0.3, -0.25) is 4.90 Å². The molecule has 2 heterocycles. The molecule has 0 unspecified atom stereocenters. The number of hydrogen-bond acceptors (Lipinski definition) is 6. The van der Waals surface area contributed by atoms with Gasteiger partial charge < -0.3 is 18.9 Å². The monoisotopic (exact) mass is 449 g/mol. The van der Waals surface area contributed by atoms with Gasteiger partial charge in [-0.25, -0.2) is 9.59 Å². The molecule has 2 saturated heterocycles. The molecule has 7 nitrogen and oxygen atoms in total. The lowest BCUT2D eigenvalue weighted by molar-refractivity contribution is -0.170. The molecule has 2 aliphatic heterocycles. The lowest BCUT2D eigenvalue weighted by atomic mass is 9.98. The zero-order valence-electron chi connectivity index (χ0n) is 18.7. The van der Waals surface area contributed by atoms with E-state index in [4.69, 9.17) is 18.9 Å². The molecule has 0 N–H and O–H groups in total. The molecule has 2 aromatic carbocycles. The van der Waals surface area contributed by atoms with Gasteiger partial charge in [-0.05, 0) is 36.1 Å². The summed E-state index contributed by atoms with van der Waals surface area (Å²) in [6, 6.07) is 15.3. The first-order valence-electron chi connectivity index (χ1n) is 11.1. The number of carbonyl (C=O) groups is 2. The van der Waals surface area contributed by atoms with E-state index in [1.165, 1.54) is 11.0 Å². The summed E-state index contributed by atoms with van der Waals surface area (Å²) in [5.74, 6) is -1.46. The van der Waals surface area contributed by atoms with E-state index in [2.05, 4.69) is 30.8 Å². The van der Waals surface area contributed by atoms with Crippen molar-refractivity contribution in [2.24, 2.45) is 0 Å². The Morgan fingerprint density at radius 2 is 1.70 bits per heavy atom. The maximum Gasteiger partial charge on any atom is 0.410 e. The van der Waals surface area contributed by atoms with Crippen molar-refractivity contribution in [1.29, 1.82) is 0 Å². The smallest absolute Gasteiger partial charge is 0.410 e. The summed E-state index contributed by atoms with van der Waals surface area (Å²) in [6.07, 6.45) is -0.144. The van der Waals surface area contributed by atoms with E-state index in [1.54, 1.807) is 13.8 Å². The Hall–Kier alpha value is -3.16. The van der Waals surface area contributed by atoms with Crippen LogP contribution in [0.2, 0.25) is 0 Å². The minimum absolute atomic E-state index is 0.0511. The second-order valence-corrected chi connectivity index (χ2v) is 8.96. The highest BCUT2D eigenvalue weighted by Crippen LogP contribution is 2.45. The van der Waals surface area contributed by atoms with Gasteiger partial charge in [0.15, 0.2) is 11.8 Å². The Bertz CT molecular complexity index is 1050. The van der Waals surface area contributed by atoms with Gasteiger partial charge in [0.2, 0.25) is 0 Å². The molecule has 0 saturated carbocycles. The molecule has 172 valence electrons. The third-order valence-electron chi connectivity index (χ3n) is 6.40. The van der Waals surface area contributed by atoms with Crippen LogP contribution in [0.25, 0.3) is 11.1 Å². The van der Waals surface area contributed by atoms with Gasteiger partial charge in [0.25, 0.3) is 0 Å². The van der Waals surface area contributed by atoms with Crippen molar-refractivity contribution >= 4 is 12.1 Å². The third kappa shape index (κ3) is 3.81. The molecule has 0 aromatic heterocycles. The first kappa shape index (κ1) is 21.7. The minimum Gasteiger partial charge on any atom is -0.460 e. The van der Waals surface area contributed by atoms with Gasteiger partial charge in [0.1, 0.15) is 25.4 Å². The predicted octanol–water partition coefficient (Wildman–Crippen LogP) is 3.87. The van der Waals surface area contributed by atoms with Crippen LogP contribution < -0.4 is 0 Å². The topological polar surface area (TPSA) is 74.3 Å². The maximum atomic E-state index is 13.2. The van der Waals surface area contributed by atoms with E-state index >= 15 is 0 Å². The van der Waals surface area contributed by atoms with Crippen LogP contribution in [0.5, 0.6) is 0 Å². The fraction of sp³-hybridized carbons (Fsp3) is 0.385. The summed E-state index contributed by atoms with van der Waals surface area (Å²) in [4.78, 5) is 27.3. The number of carbonyl (C=O) groups excluding carboxylic acids is 2. The number of nitrogens with zero attached hydrogens (tertiary/aromatic N) is 1. The first-order valence-corrected chi connectivity index (χ1v) is 11.1. The van der Waals surface area contributed by atoms with Gasteiger partial charge in [-0.1, -0.05) is 61.2 Å². The van der Waals surface area contributed by atoms with E-state index in [9.17, 15) is 9.59 Å². The van der Waals surface area contributed by atoms with Crippen molar-refractivity contribution in [2.45, 2.75) is 43.8 Å². The van der Waals surface area contributed by atoms with Crippen molar-refractivity contribution in [2.75, 3.05) is 19.8 Å². The average Bonchev–Trinajstić information content (AvgIpc) is 3.41. The molecule has 3 atom stereocenters. The summed E-state index contributed by atoms with van der Waals surface area (Å²) in [5.41, 5.74) is 4.56. The molecule has 0 radical (unpaired) electrons. The maximum absolute atomic E-state index is 13.2. The number of esters is 1. The zero-order chi connectivity index (χ0) is 23.2. The number of rotatable bonds is 5. The van der Waals surface area contributed by atoms with Crippen molar-refractivity contribution in [3.63, 3.8) is 0 Å². The van der Waals surface area contributed by atoms with Gasteiger partial charge in [-0.2, -0.15) is 0 Å². The average molecular weight is 450 g/mol. The van der Waals surface area contributed by atoms with Gasteiger partial charge in [0, 0.05) is 5.92 Å². The summed E-state index contributed by atoms with van der Waals surface area (Å²) in [7, 11) is 0. The zero-order valence-corrected chi connectivity index (χ0v) is 18.7. The molecule has 0 bridgehead atoms. The van der Waals surface area contributed by atoms with Gasteiger partial charge in [0.05, 0.1) is 6.54 Å². The second kappa shape index (κ2) is 8.32. The van der Waals surface area contributed by atoms with Gasteiger partial charge in [-0.15, -0.1) is 0 Å². The fourth-order valence-corrected chi connectivity index (χ4v) is 5.11. The Labute approximate surface area is 192 Å². The number of amides is 1. The van der Waals surface area contributed by atoms with Gasteiger partial charge >= 0.3 is 12.1 Å². The van der Waals surface area contributed by atoms with Crippen molar-refractivity contribution < 1.29 is 28.5 Å². The second-order valence-electron chi connectivity index (χ2n) is 8.96. The van der Waals surface area contributed by atoms with Crippen molar-refractivity contribution in [1.82, 2.24) is 4.90 Å². The highest BCUT2D eigenvalue weighted by molar-refractivity contribution is 5.84. The van der Waals surface area contributed by atoms with Crippen LogP contribution in [0, 0.1) is 0 Å². The van der Waals surface area contributed by atoms with Crippen LogP contribution in [0.4, 0.5) is 4.79 Å². The summed E-state index contributed by atoms with van der Waals surface area (Å²) in [5, 5.41) is 0. The Morgan fingerprint density at radius 3 is 2.33 bits per heavy atom. The Morgan fingerprint density at radius 1 is 1.06 bits per heavy atom. The molecule has 1 amide bonds. The Kier molecular flexibility index (Phi) is 5.46. The molecular formula is C26H27NO6. The van der Waals surface area contributed by atoms with E-state index in [1.807, 2.05) is 24.3 Å². The van der Waals surface area contributed by atoms with E-state index in [-0.39, 0.29) is 25.7 Å². The number of ether oxygens (including phenoxy) is 4.